The first-order valence-electron chi connectivity index (χ1n) is 8.62. The van der Waals surface area contributed by atoms with E-state index in [2.05, 4.69) is 39.5 Å². The molecule has 0 spiro atoms. The second-order valence-corrected chi connectivity index (χ2v) is 7.79. The lowest BCUT2D eigenvalue weighted by Crippen LogP contribution is -2.45. The van der Waals surface area contributed by atoms with Crippen LogP contribution in [0.5, 0.6) is 0 Å². The minimum Gasteiger partial charge on any atom is -0.392 e. The van der Waals surface area contributed by atoms with E-state index >= 15 is 0 Å². The molecule has 0 saturated heterocycles. The number of fused-ring (bicyclic) bond motifs is 1. The summed E-state index contributed by atoms with van der Waals surface area (Å²) in [7, 11) is 0. The Hall–Kier alpha value is -0.860. The number of allylic oxidation sites excluding steroid dienone is 4. The second kappa shape index (κ2) is 6.72. The molecule has 2 rings (SSSR count). The van der Waals surface area contributed by atoms with Gasteiger partial charge in [0.05, 0.1) is 11.7 Å². The van der Waals surface area contributed by atoms with Crippen LogP contribution < -0.4 is 0 Å². The van der Waals surface area contributed by atoms with E-state index in [1.54, 1.807) is 0 Å². The van der Waals surface area contributed by atoms with E-state index in [0.29, 0.717) is 12.3 Å². The van der Waals surface area contributed by atoms with Gasteiger partial charge >= 0.3 is 0 Å². The molecule has 22 heavy (non-hydrogen) atoms. The molecule has 2 N–H and O–H groups in total. The molecule has 0 unspecified atom stereocenters. The summed E-state index contributed by atoms with van der Waals surface area (Å²) >= 11 is 0. The lowest BCUT2D eigenvalue weighted by Gasteiger charge is -2.38. The Labute approximate surface area is 135 Å². The van der Waals surface area contributed by atoms with Crippen LogP contribution in [0, 0.1) is 17.8 Å². The third-order valence-corrected chi connectivity index (χ3v) is 5.74. The number of hydrogen-bond acceptors (Lipinski definition) is 2. The first kappa shape index (κ1) is 17.5. The van der Waals surface area contributed by atoms with Crippen LogP contribution >= 0.6 is 0 Å². The average Bonchev–Trinajstić information content (AvgIpc) is 2.73. The summed E-state index contributed by atoms with van der Waals surface area (Å²) in [6.45, 7) is 12.4. The Morgan fingerprint density at radius 2 is 2.14 bits per heavy atom. The van der Waals surface area contributed by atoms with Crippen molar-refractivity contribution in [2.24, 2.45) is 17.8 Å². The van der Waals surface area contributed by atoms with Gasteiger partial charge in [0.25, 0.3) is 0 Å². The van der Waals surface area contributed by atoms with Crippen LogP contribution in [0.3, 0.4) is 0 Å². The van der Waals surface area contributed by atoms with Gasteiger partial charge in [-0.05, 0) is 65.7 Å². The molecule has 2 aliphatic rings. The molecular weight excluding hydrogens is 272 g/mol. The van der Waals surface area contributed by atoms with Gasteiger partial charge in [0, 0.05) is 11.8 Å². The Morgan fingerprint density at radius 1 is 1.45 bits per heavy atom. The van der Waals surface area contributed by atoms with Crippen molar-refractivity contribution in [3.05, 3.63) is 35.5 Å². The molecule has 2 aliphatic carbocycles. The first-order chi connectivity index (χ1) is 10.2. The molecule has 0 radical (unpaired) electrons. The van der Waals surface area contributed by atoms with Crippen molar-refractivity contribution in [3.63, 3.8) is 0 Å². The fourth-order valence-electron chi connectivity index (χ4n) is 4.31. The van der Waals surface area contributed by atoms with Crippen molar-refractivity contribution in [1.82, 2.24) is 0 Å². The zero-order valence-corrected chi connectivity index (χ0v) is 14.6. The van der Waals surface area contributed by atoms with Crippen molar-refractivity contribution in [1.29, 1.82) is 0 Å². The van der Waals surface area contributed by atoms with Crippen LogP contribution in [-0.4, -0.2) is 21.9 Å². The standard InChI is InChI=1S/C20H32O2/c1-13(2)7-6-12-20(5,22)17-11-9-14(3)16-10-8-15(4)18(16)19(17)21/h7-8,16-19,21-22H,3,6,9-12H2,1-2,4-5H3/t16-,17+,18+,19-,20+/m1/s1. The molecule has 0 aromatic rings. The third kappa shape index (κ3) is 3.55. The number of aliphatic hydroxyl groups is 2. The van der Waals surface area contributed by atoms with Crippen molar-refractivity contribution in [2.45, 2.75) is 71.5 Å². The Morgan fingerprint density at radius 3 is 2.77 bits per heavy atom. The van der Waals surface area contributed by atoms with E-state index in [4.69, 9.17) is 0 Å². The molecule has 124 valence electrons. The van der Waals surface area contributed by atoms with Crippen LogP contribution in [0.1, 0.15) is 59.8 Å². The summed E-state index contributed by atoms with van der Waals surface area (Å²) in [4.78, 5) is 0. The van der Waals surface area contributed by atoms with Gasteiger partial charge in [-0.3, -0.25) is 0 Å². The highest BCUT2D eigenvalue weighted by molar-refractivity contribution is 5.25. The van der Waals surface area contributed by atoms with Gasteiger partial charge in [0.1, 0.15) is 0 Å². The predicted octanol–water partition coefficient (Wildman–Crippen LogP) is 4.39. The van der Waals surface area contributed by atoms with Crippen molar-refractivity contribution < 1.29 is 10.2 Å². The Kier molecular flexibility index (Phi) is 5.34. The molecule has 0 aliphatic heterocycles. The maximum Gasteiger partial charge on any atom is 0.0675 e. The van der Waals surface area contributed by atoms with Gasteiger partial charge in [-0.2, -0.15) is 0 Å². The first-order valence-corrected chi connectivity index (χ1v) is 8.62. The molecule has 5 atom stereocenters. The lowest BCUT2D eigenvalue weighted by molar-refractivity contribution is -0.0793. The van der Waals surface area contributed by atoms with Gasteiger partial charge in [0.15, 0.2) is 0 Å². The van der Waals surface area contributed by atoms with E-state index in [-0.39, 0.29) is 11.8 Å². The van der Waals surface area contributed by atoms with Crippen LogP contribution in [0.25, 0.3) is 0 Å². The summed E-state index contributed by atoms with van der Waals surface area (Å²) in [5, 5.41) is 22.0. The van der Waals surface area contributed by atoms with Crippen molar-refractivity contribution in [2.75, 3.05) is 0 Å². The molecule has 2 nitrogen and oxygen atoms in total. The SMILES string of the molecule is C=C1CC[C@H]([C@@](C)(O)CCC=C(C)C)[C@@H](O)[C@H]2C(C)=CC[C@H]12. The monoisotopic (exact) mass is 304 g/mol. The van der Waals surface area contributed by atoms with Gasteiger partial charge < -0.3 is 10.2 Å². The molecule has 0 aromatic heterocycles. The van der Waals surface area contributed by atoms with E-state index in [1.807, 2.05) is 6.92 Å². The average molecular weight is 304 g/mol. The fraction of sp³-hybridized carbons (Fsp3) is 0.700. The molecule has 0 amide bonds. The predicted molar refractivity (Wildman–Crippen MR) is 92.5 cm³/mol. The van der Waals surface area contributed by atoms with Crippen LogP contribution in [0.15, 0.2) is 35.5 Å². The van der Waals surface area contributed by atoms with Crippen molar-refractivity contribution >= 4 is 0 Å². The quantitative estimate of drug-likeness (QED) is 0.756. The summed E-state index contributed by atoms with van der Waals surface area (Å²) in [6.07, 6.45) is 8.26. The number of hydrogen-bond donors (Lipinski definition) is 2. The lowest BCUT2D eigenvalue weighted by atomic mass is 9.74. The Balaban J connectivity index is 2.17. The summed E-state index contributed by atoms with van der Waals surface area (Å²) in [5.41, 5.74) is 2.97. The zero-order chi connectivity index (χ0) is 16.5. The van der Waals surface area contributed by atoms with E-state index in [1.165, 1.54) is 16.7 Å². The molecule has 2 heteroatoms. The highest BCUT2D eigenvalue weighted by atomic mass is 16.3. The molecule has 1 fully saturated rings. The highest BCUT2D eigenvalue weighted by Crippen LogP contribution is 2.48. The van der Waals surface area contributed by atoms with Gasteiger partial charge in [-0.25, -0.2) is 0 Å². The maximum atomic E-state index is 11.0. The van der Waals surface area contributed by atoms with Gasteiger partial charge in [-0.15, -0.1) is 0 Å². The van der Waals surface area contributed by atoms with E-state index in [0.717, 1.165) is 25.7 Å². The third-order valence-electron chi connectivity index (χ3n) is 5.74. The van der Waals surface area contributed by atoms with Crippen molar-refractivity contribution in [3.8, 4) is 0 Å². The molecule has 0 bridgehead atoms. The maximum absolute atomic E-state index is 11.0. The Bertz CT molecular complexity index is 480. The normalized spacial score (nSPS) is 34.5. The molecule has 0 aromatic carbocycles. The topological polar surface area (TPSA) is 40.5 Å². The highest BCUT2D eigenvalue weighted by Gasteiger charge is 2.46. The summed E-state index contributed by atoms with van der Waals surface area (Å²) in [5.74, 6) is 0.440. The minimum absolute atomic E-state index is 0.0775. The smallest absolute Gasteiger partial charge is 0.0675 e. The van der Waals surface area contributed by atoms with E-state index < -0.39 is 11.7 Å². The van der Waals surface area contributed by atoms with Gasteiger partial charge in [-0.1, -0.05) is 35.5 Å². The van der Waals surface area contributed by atoms with Crippen LogP contribution in [0.4, 0.5) is 0 Å². The van der Waals surface area contributed by atoms with Gasteiger partial charge in [0.2, 0.25) is 0 Å². The molecule has 1 saturated carbocycles. The molecular formula is C20H32O2. The minimum atomic E-state index is -0.830. The second-order valence-electron chi connectivity index (χ2n) is 7.79. The summed E-state index contributed by atoms with van der Waals surface area (Å²) < 4.78 is 0. The largest absolute Gasteiger partial charge is 0.392 e. The van der Waals surface area contributed by atoms with E-state index in [9.17, 15) is 10.2 Å². The van der Waals surface area contributed by atoms with Crippen LogP contribution in [-0.2, 0) is 0 Å². The summed E-state index contributed by atoms with van der Waals surface area (Å²) in [6, 6.07) is 0. The fourth-order valence-corrected chi connectivity index (χ4v) is 4.31. The zero-order valence-electron chi connectivity index (χ0n) is 14.6. The molecule has 0 heterocycles. The number of rotatable bonds is 4. The van der Waals surface area contributed by atoms with Crippen LogP contribution in [0.2, 0.25) is 0 Å². The number of aliphatic hydroxyl groups excluding tert-OH is 1.